The van der Waals surface area contributed by atoms with Crippen LogP contribution in [0.2, 0.25) is 0 Å². The van der Waals surface area contributed by atoms with Gasteiger partial charge in [-0.25, -0.2) is 0 Å². The van der Waals surface area contributed by atoms with Crippen molar-refractivity contribution in [2.24, 2.45) is 0 Å². The van der Waals surface area contributed by atoms with E-state index in [1.807, 2.05) is 6.20 Å². The molecule has 2 nitrogen and oxygen atoms in total. The molecule has 3 heteroatoms. The first-order valence-corrected chi connectivity index (χ1v) is 4.44. The van der Waals surface area contributed by atoms with Crippen molar-refractivity contribution in [1.29, 1.82) is 0 Å². The normalized spacial score (nSPS) is 10.7. The first-order valence-electron chi connectivity index (χ1n) is 3.36. The molecule has 0 fully saturated rings. The fraction of sp³-hybridized carbons (Fsp3) is 0.125. The third-order valence-corrected chi connectivity index (χ3v) is 2.88. The van der Waals surface area contributed by atoms with E-state index in [0.29, 0.717) is 0 Å². The fourth-order valence-corrected chi connectivity index (χ4v) is 1.55. The van der Waals surface area contributed by atoms with Crippen LogP contribution in [0.25, 0.3) is 10.9 Å². The Morgan fingerprint density at radius 2 is 2.27 bits per heavy atom. The number of aryl methyl sites for hydroxylation is 1. The highest BCUT2D eigenvalue weighted by atomic mass is 127. The molecule has 56 valence electrons. The number of nitrogens with zero attached hydrogens (tertiary/aromatic N) is 1. The first-order chi connectivity index (χ1) is 5.27. The van der Waals surface area contributed by atoms with E-state index in [1.54, 1.807) is 0 Å². The van der Waals surface area contributed by atoms with Gasteiger partial charge in [0.05, 0.1) is 11.7 Å². The lowest BCUT2D eigenvalue weighted by molar-refractivity contribution is 1.12. The van der Waals surface area contributed by atoms with Gasteiger partial charge in [0.25, 0.3) is 0 Å². The Hall–Kier alpha value is -0.580. The summed E-state index contributed by atoms with van der Waals surface area (Å²) in [7, 11) is 0. The average Bonchev–Trinajstić information content (AvgIpc) is 2.36. The molecule has 11 heavy (non-hydrogen) atoms. The van der Waals surface area contributed by atoms with Crippen LogP contribution in [0.15, 0.2) is 18.3 Å². The second-order valence-corrected chi connectivity index (χ2v) is 3.72. The summed E-state index contributed by atoms with van der Waals surface area (Å²) < 4.78 is 1.28. The number of benzene rings is 1. The third kappa shape index (κ3) is 1.13. The Morgan fingerprint density at radius 3 is 3.09 bits per heavy atom. The maximum Gasteiger partial charge on any atom is 0.0661 e. The monoisotopic (exact) mass is 258 g/mol. The maximum absolute atomic E-state index is 3.96. The molecule has 2 rings (SSSR count). The average molecular weight is 258 g/mol. The highest BCUT2D eigenvalue weighted by Gasteiger charge is 1.98. The number of rotatable bonds is 0. The molecule has 0 bridgehead atoms. The van der Waals surface area contributed by atoms with Gasteiger partial charge in [0, 0.05) is 8.96 Å². The molecule has 0 aliphatic carbocycles. The number of H-pyrrole nitrogens is 1. The lowest BCUT2D eigenvalue weighted by atomic mass is 10.2. The predicted molar refractivity (Wildman–Crippen MR) is 53.5 cm³/mol. The van der Waals surface area contributed by atoms with Gasteiger partial charge < -0.3 is 0 Å². The summed E-state index contributed by atoms with van der Waals surface area (Å²) in [6, 6.07) is 4.25. The van der Waals surface area contributed by atoms with Gasteiger partial charge in [0.2, 0.25) is 0 Å². The van der Waals surface area contributed by atoms with E-state index in [2.05, 4.69) is 51.8 Å². The number of hydrogen-bond donors (Lipinski definition) is 1. The molecule has 0 amide bonds. The summed E-state index contributed by atoms with van der Waals surface area (Å²) in [4.78, 5) is 0. The van der Waals surface area contributed by atoms with Gasteiger partial charge in [-0.15, -0.1) is 0 Å². The van der Waals surface area contributed by atoms with E-state index in [-0.39, 0.29) is 0 Å². The molecule has 1 aromatic carbocycles. The number of hydrogen-bond acceptors (Lipinski definition) is 1. The largest absolute Gasteiger partial charge is 0.278 e. The predicted octanol–water partition coefficient (Wildman–Crippen LogP) is 2.48. The Morgan fingerprint density at radius 1 is 1.45 bits per heavy atom. The molecule has 0 saturated heterocycles. The van der Waals surface area contributed by atoms with Crippen LogP contribution < -0.4 is 0 Å². The number of nitrogens with one attached hydrogen (secondary N) is 1. The Bertz CT molecular complexity index is 356. The molecule has 0 radical (unpaired) electrons. The molecule has 1 N–H and O–H groups in total. The highest BCUT2D eigenvalue weighted by Crippen LogP contribution is 2.18. The van der Waals surface area contributed by atoms with Crippen molar-refractivity contribution in [3.05, 3.63) is 27.5 Å². The quantitative estimate of drug-likeness (QED) is 0.722. The number of fused-ring (bicyclic) bond motifs is 1. The van der Waals surface area contributed by atoms with Crippen LogP contribution in [-0.2, 0) is 0 Å². The molecule has 0 aliphatic heterocycles. The zero-order chi connectivity index (χ0) is 7.84. The lowest BCUT2D eigenvalue weighted by Gasteiger charge is -1.95. The second-order valence-electron chi connectivity index (χ2n) is 2.56. The van der Waals surface area contributed by atoms with Gasteiger partial charge in [-0.1, -0.05) is 0 Å². The summed E-state index contributed by atoms with van der Waals surface area (Å²) in [6.45, 7) is 2.11. The smallest absolute Gasteiger partial charge is 0.0661 e. The van der Waals surface area contributed by atoms with Crippen molar-refractivity contribution in [2.75, 3.05) is 0 Å². The zero-order valence-electron chi connectivity index (χ0n) is 6.06. The summed E-state index contributed by atoms with van der Waals surface area (Å²) in [5.41, 5.74) is 2.42. The van der Waals surface area contributed by atoms with Gasteiger partial charge in [-0.3, -0.25) is 5.10 Å². The lowest BCUT2D eigenvalue weighted by Crippen LogP contribution is -1.78. The van der Waals surface area contributed by atoms with Crippen LogP contribution in [0, 0.1) is 10.5 Å². The van der Waals surface area contributed by atoms with Crippen molar-refractivity contribution in [3.63, 3.8) is 0 Å². The first kappa shape index (κ1) is 7.09. The third-order valence-electron chi connectivity index (χ3n) is 1.72. The van der Waals surface area contributed by atoms with Gasteiger partial charge in [-0.05, 0) is 47.2 Å². The van der Waals surface area contributed by atoms with Crippen LogP contribution in [0.3, 0.4) is 0 Å². The Labute approximate surface area is 78.1 Å². The van der Waals surface area contributed by atoms with Crippen LogP contribution in [0.1, 0.15) is 5.56 Å². The molecular weight excluding hydrogens is 251 g/mol. The molecule has 0 aliphatic rings. The maximum atomic E-state index is 3.96. The zero-order valence-corrected chi connectivity index (χ0v) is 8.21. The van der Waals surface area contributed by atoms with E-state index in [9.17, 15) is 0 Å². The van der Waals surface area contributed by atoms with Crippen LogP contribution in [0.5, 0.6) is 0 Å². The van der Waals surface area contributed by atoms with Gasteiger partial charge in [-0.2, -0.15) is 5.10 Å². The van der Waals surface area contributed by atoms with Crippen molar-refractivity contribution < 1.29 is 0 Å². The topological polar surface area (TPSA) is 28.7 Å². The number of halogens is 1. The fourth-order valence-electron chi connectivity index (χ4n) is 1.08. The van der Waals surface area contributed by atoms with Gasteiger partial charge in [0.1, 0.15) is 0 Å². The summed E-state index contributed by atoms with van der Waals surface area (Å²) >= 11 is 2.32. The van der Waals surface area contributed by atoms with Crippen LogP contribution >= 0.6 is 22.6 Å². The minimum Gasteiger partial charge on any atom is -0.278 e. The van der Waals surface area contributed by atoms with Crippen molar-refractivity contribution >= 4 is 33.5 Å². The number of aromatic nitrogens is 2. The van der Waals surface area contributed by atoms with Crippen LogP contribution in [-0.4, -0.2) is 10.2 Å². The molecule has 0 saturated carbocycles. The van der Waals surface area contributed by atoms with Gasteiger partial charge >= 0.3 is 0 Å². The molecular formula is C8H7IN2. The summed E-state index contributed by atoms with van der Waals surface area (Å²) in [5, 5.41) is 8.07. The van der Waals surface area contributed by atoms with E-state index in [1.165, 1.54) is 14.5 Å². The van der Waals surface area contributed by atoms with E-state index in [0.717, 1.165) is 5.52 Å². The van der Waals surface area contributed by atoms with E-state index < -0.39 is 0 Å². The molecule has 0 spiro atoms. The van der Waals surface area contributed by atoms with Gasteiger partial charge in [0.15, 0.2) is 0 Å². The molecule has 1 heterocycles. The number of aromatic amines is 1. The summed E-state index contributed by atoms with van der Waals surface area (Å²) in [6.07, 6.45) is 1.85. The Balaban J connectivity index is 2.86. The minimum atomic E-state index is 1.11. The second kappa shape index (κ2) is 2.48. The van der Waals surface area contributed by atoms with Crippen LogP contribution in [0.4, 0.5) is 0 Å². The highest BCUT2D eigenvalue weighted by molar-refractivity contribution is 14.1. The molecule has 0 unspecified atom stereocenters. The minimum absolute atomic E-state index is 1.11. The van der Waals surface area contributed by atoms with E-state index in [4.69, 9.17) is 0 Å². The molecule has 2 aromatic rings. The van der Waals surface area contributed by atoms with Crippen molar-refractivity contribution in [3.8, 4) is 0 Å². The molecule has 1 aromatic heterocycles. The van der Waals surface area contributed by atoms with Crippen molar-refractivity contribution in [2.45, 2.75) is 6.92 Å². The van der Waals surface area contributed by atoms with Crippen molar-refractivity contribution in [1.82, 2.24) is 10.2 Å². The Kier molecular flexibility index (Phi) is 1.60. The standard InChI is InChI=1S/C8H7IN2/c1-5-2-6-4-10-11-8(6)3-7(5)9/h2-4H,1H3,(H,10,11). The molecule has 0 atom stereocenters. The SMILES string of the molecule is Cc1cc2cn[nH]c2cc1I. The summed E-state index contributed by atoms with van der Waals surface area (Å²) in [5.74, 6) is 0. The van der Waals surface area contributed by atoms with E-state index >= 15 is 0 Å².